The number of nitrogens with zero attached hydrogens (tertiary/aromatic N) is 3. The van der Waals surface area contributed by atoms with Crippen molar-refractivity contribution in [3.05, 3.63) is 102 Å². The number of anilines is 2. The van der Waals surface area contributed by atoms with Gasteiger partial charge in [-0.2, -0.15) is 18.3 Å². The summed E-state index contributed by atoms with van der Waals surface area (Å²) in [6.07, 6.45) is -0.308. The summed E-state index contributed by atoms with van der Waals surface area (Å²) in [6, 6.07) is 16.6. The predicted molar refractivity (Wildman–Crippen MR) is 115 cm³/mol. The molecule has 10 heteroatoms. The molecule has 0 saturated carbocycles. The minimum atomic E-state index is -4.53. The molecule has 2 heterocycles. The first-order valence-corrected chi connectivity index (χ1v) is 9.66. The first kappa shape index (κ1) is 21.8. The Morgan fingerprint density at radius 1 is 0.788 bits per heavy atom. The van der Waals surface area contributed by atoms with Gasteiger partial charge < -0.3 is 10.6 Å². The summed E-state index contributed by atoms with van der Waals surface area (Å²) in [5.41, 5.74) is 1.07. The molecule has 4 aromatic rings. The fourth-order valence-electron chi connectivity index (χ4n) is 2.97. The maximum atomic E-state index is 12.7. The van der Waals surface area contributed by atoms with Crippen LogP contribution in [0.25, 0.3) is 5.69 Å². The summed E-state index contributed by atoms with van der Waals surface area (Å²) in [4.78, 5) is 28.7. The fraction of sp³-hybridized carbons (Fsp3) is 0.0435. The Labute approximate surface area is 185 Å². The molecule has 0 fully saturated rings. The van der Waals surface area contributed by atoms with Crippen LogP contribution >= 0.6 is 0 Å². The van der Waals surface area contributed by atoms with E-state index in [1.54, 1.807) is 36.4 Å². The lowest BCUT2D eigenvalue weighted by Crippen LogP contribution is -2.14. The van der Waals surface area contributed by atoms with Crippen LogP contribution in [-0.2, 0) is 6.18 Å². The molecule has 0 aliphatic carbocycles. The second-order valence-electron chi connectivity index (χ2n) is 6.92. The van der Waals surface area contributed by atoms with Crippen LogP contribution in [0, 0.1) is 0 Å². The van der Waals surface area contributed by atoms with Gasteiger partial charge in [0.2, 0.25) is 0 Å². The highest BCUT2D eigenvalue weighted by Gasteiger charge is 2.33. The van der Waals surface area contributed by atoms with Crippen LogP contribution in [0.2, 0.25) is 0 Å². The third-order valence-corrected chi connectivity index (χ3v) is 4.59. The standard InChI is InChI=1S/C23H16F3N5O2/c24-23(25,26)20-10-13-31(30-20)19-6-4-15(5-7-19)21(32)28-17-2-1-3-18(14-17)29-22(33)16-8-11-27-12-9-16/h1-14H,(H,28,32)(H,29,33). The molecule has 2 aromatic carbocycles. The molecule has 0 radical (unpaired) electrons. The van der Waals surface area contributed by atoms with Crippen LogP contribution in [0.5, 0.6) is 0 Å². The van der Waals surface area contributed by atoms with Crippen molar-refractivity contribution in [3.8, 4) is 5.69 Å². The van der Waals surface area contributed by atoms with E-state index >= 15 is 0 Å². The topological polar surface area (TPSA) is 88.9 Å². The van der Waals surface area contributed by atoms with Gasteiger partial charge in [0.05, 0.1) is 5.69 Å². The molecular formula is C23H16F3N5O2. The van der Waals surface area contributed by atoms with Gasteiger partial charge in [0, 0.05) is 41.1 Å². The van der Waals surface area contributed by atoms with Gasteiger partial charge in [0.15, 0.2) is 5.69 Å². The second kappa shape index (κ2) is 8.95. The van der Waals surface area contributed by atoms with Crippen molar-refractivity contribution in [2.24, 2.45) is 0 Å². The molecule has 0 bridgehead atoms. The highest BCUT2D eigenvalue weighted by Crippen LogP contribution is 2.28. The first-order valence-electron chi connectivity index (χ1n) is 9.66. The van der Waals surface area contributed by atoms with Crippen molar-refractivity contribution >= 4 is 23.2 Å². The summed E-state index contributed by atoms with van der Waals surface area (Å²) in [5, 5.41) is 8.97. The third kappa shape index (κ3) is 5.24. The number of benzene rings is 2. The molecule has 2 amide bonds. The SMILES string of the molecule is O=C(Nc1cccc(NC(=O)c2ccc(-n3ccc(C(F)(F)F)n3)cc2)c1)c1ccncc1. The zero-order valence-electron chi connectivity index (χ0n) is 16.9. The minimum Gasteiger partial charge on any atom is -0.322 e. The number of pyridine rings is 1. The van der Waals surface area contributed by atoms with E-state index in [9.17, 15) is 22.8 Å². The third-order valence-electron chi connectivity index (χ3n) is 4.59. The van der Waals surface area contributed by atoms with Gasteiger partial charge in [-0.05, 0) is 60.7 Å². The Bertz CT molecular complexity index is 1290. The highest BCUT2D eigenvalue weighted by atomic mass is 19.4. The van der Waals surface area contributed by atoms with Crippen molar-refractivity contribution in [2.75, 3.05) is 10.6 Å². The van der Waals surface area contributed by atoms with Gasteiger partial charge in [-0.25, -0.2) is 4.68 Å². The van der Waals surface area contributed by atoms with Crippen LogP contribution in [-0.4, -0.2) is 26.6 Å². The Balaban J connectivity index is 1.42. The summed E-state index contributed by atoms with van der Waals surface area (Å²) < 4.78 is 39.3. The number of rotatable bonds is 5. The average Bonchev–Trinajstić information content (AvgIpc) is 3.31. The summed E-state index contributed by atoms with van der Waals surface area (Å²) >= 11 is 0. The van der Waals surface area contributed by atoms with Crippen LogP contribution in [0.15, 0.2) is 85.3 Å². The quantitative estimate of drug-likeness (QED) is 0.457. The van der Waals surface area contributed by atoms with E-state index in [0.717, 1.165) is 10.7 Å². The summed E-state index contributed by atoms with van der Waals surface area (Å²) in [5.74, 6) is -0.737. The van der Waals surface area contributed by atoms with Crippen molar-refractivity contribution < 1.29 is 22.8 Å². The van der Waals surface area contributed by atoms with E-state index in [1.807, 2.05) is 0 Å². The van der Waals surface area contributed by atoms with Gasteiger partial charge in [-0.3, -0.25) is 14.6 Å². The number of alkyl halides is 3. The number of hydrogen-bond donors (Lipinski definition) is 2. The van der Waals surface area contributed by atoms with Gasteiger partial charge in [-0.15, -0.1) is 0 Å². The molecule has 0 atom stereocenters. The molecule has 4 rings (SSSR count). The number of nitrogens with one attached hydrogen (secondary N) is 2. The highest BCUT2D eigenvalue weighted by molar-refractivity contribution is 6.06. The van der Waals surface area contributed by atoms with E-state index in [1.165, 1.54) is 42.9 Å². The van der Waals surface area contributed by atoms with Crippen LogP contribution in [0.3, 0.4) is 0 Å². The van der Waals surface area contributed by atoms with Crippen LogP contribution < -0.4 is 10.6 Å². The molecule has 2 aromatic heterocycles. The van der Waals surface area contributed by atoms with Crippen molar-refractivity contribution in [2.45, 2.75) is 6.18 Å². The van der Waals surface area contributed by atoms with Gasteiger partial charge in [-0.1, -0.05) is 6.07 Å². The first-order chi connectivity index (χ1) is 15.8. The summed E-state index contributed by atoms with van der Waals surface area (Å²) in [7, 11) is 0. The Kier molecular flexibility index (Phi) is 5.90. The molecule has 0 spiro atoms. The zero-order valence-corrected chi connectivity index (χ0v) is 16.9. The zero-order chi connectivity index (χ0) is 23.4. The minimum absolute atomic E-state index is 0.299. The van der Waals surface area contributed by atoms with Gasteiger partial charge in [0.25, 0.3) is 11.8 Å². The predicted octanol–water partition coefficient (Wildman–Crippen LogP) is 4.79. The van der Waals surface area contributed by atoms with Crippen LogP contribution in [0.4, 0.5) is 24.5 Å². The van der Waals surface area contributed by atoms with E-state index in [-0.39, 0.29) is 5.91 Å². The Morgan fingerprint density at radius 2 is 1.36 bits per heavy atom. The second-order valence-corrected chi connectivity index (χ2v) is 6.92. The molecule has 166 valence electrons. The van der Waals surface area contributed by atoms with E-state index in [4.69, 9.17) is 0 Å². The van der Waals surface area contributed by atoms with Crippen molar-refractivity contribution in [3.63, 3.8) is 0 Å². The lowest BCUT2D eigenvalue weighted by Gasteiger charge is -2.09. The number of carbonyl (C=O) groups excluding carboxylic acids is 2. The smallest absolute Gasteiger partial charge is 0.322 e. The summed E-state index contributed by atoms with van der Waals surface area (Å²) in [6.45, 7) is 0. The molecule has 2 N–H and O–H groups in total. The normalized spacial score (nSPS) is 11.1. The Morgan fingerprint density at radius 3 is 1.91 bits per heavy atom. The number of carbonyl (C=O) groups is 2. The number of amides is 2. The largest absolute Gasteiger partial charge is 0.435 e. The molecular weight excluding hydrogens is 435 g/mol. The lowest BCUT2D eigenvalue weighted by molar-refractivity contribution is -0.141. The monoisotopic (exact) mass is 451 g/mol. The van der Waals surface area contributed by atoms with Crippen molar-refractivity contribution in [1.82, 2.24) is 14.8 Å². The number of halogens is 3. The number of aromatic nitrogens is 3. The molecule has 0 aliphatic rings. The lowest BCUT2D eigenvalue weighted by atomic mass is 10.2. The van der Waals surface area contributed by atoms with Crippen molar-refractivity contribution in [1.29, 1.82) is 0 Å². The molecule has 0 unspecified atom stereocenters. The average molecular weight is 451 g/mol. The van der Waals surface area contributed by atoms with Gasteiger partial charge >= 0.3 is 6.18 Å². The van der Waals surface area contributed by atoms with E-state index in [2.05, 4.69) is 20.7 Å². The van der Waals surface area contributed by atoms with Crippen LogP contribution in [0.1, 0.15) is 26.4 Å². The molecule has 0 saturated heterocycles. The molecule has 0 aliphatic heterocycles. The number of hydrogen-bond acceptors (Lipinski definition) is 4. The fourth-order valence-corrected chi connectivity index (χ4v) is 2.97. The Hall–Kier alpha value is -4.47. The molecule has 7 nitrogen and oxygen atoms in total. The van der Waals surface area contributed by atoms with E-state index < -0.39 is 17.8 Å². The maximum Gasteiger partial charge on any atom is 0.435 e. The molecule has 33 heavy (non-hydrogen) atoms. The van der Waals surface area contributed by atoms with E-state index in [0.29, 0.717) is 28.2 Å². The van der Waals surface area contributed by atoms with Gasteiger partial charge in [0.1, 0.15) is 0 Å². The maximum absolute atomic E-state index is 12.7.